The van der Waals surface area contributed by atoms with Crippen molar-refractivity contribution in [3.63, 3.8) is 0 Å². The number of alkyl halides is 2. The molecule has 0 spiro atoms. The Kier molecular flexibility index (Phi) is 6.30. The summed E-state index contributed by atoms with van der Waals surface area (Å²) in [6.07, 6.45) is 6.90. The normalized spacial score (nSPS) is 24.0. The fraction of sp³-hybridized carbons (Fsp3) is 0.625. The second-order valence-corrected chi connectivity index (χ2v) is 6.65. The lowest BCUT2D eigenvalue weighted by Gasteiger charge is -2.31. The lowest BCUT2D eigenvalue weighted by Crippen LogP contribution is -2.35. The summed E-state index contributed by atoms with van der Waals surface area (Å²) in [4.78, 5) is 0. The fourth-order valence-corrected chi connectivity index (χ4v) is 3.69. The van der Waals surface area contributed by atoms with Gasteiger partial charge in [0.1, 0.15) is 5.75 Å². The van der Waals surface area contributed by atoms with E-state index in [4.69, 9.17) is 0 Å². The zero-order chi connectivity index (χ0) is 15.2. The van der Waals surface area contributed by atoms with Gasteiger partial charge >= 0.3 is 6.61 Å². The molecule has 0 bridgehead atoms. The van der Waals surface area contributed by atoms with Crippen molar-refractivity contribution in [3.05, 3.63) is 29.8 Å². The zero-order valence-electron chi connectivity index (χ0n) is 12.5. The number of nitrogens with one attached hydrogen (secondary N) is 1. The average molecular weight is 315 g/mol. The fourth-order valence-electron chi connectivity index (χ4n) is 2.95. The first-order valence-electron chi connectivity index (χ1n) is 7.42. The summed E-state index contributed by atoms with van der Waals surface area (Å²) in [6.45, 7) is -0.774. The molecule has 0 saturated heterocycles. The SMILES string of the molecule is CSC1CCC(NC(C)c2ccccc2OC(F)F)CC1. The van der Waals surface area contributed by atoms with Crippen molar-refractivity contribution in [2.24, 2.45) is 0 Å². The number of hydrogen-bond donors (Lipinski definition) is 1. The minimum absolute atomic E-state index is 0.00998. The Balaban J connectivity index is 1.95. The van der Waals surface area contributed by atoms with E-state index in [2.05, 4.69) is 16.3 Å². The molecule has 1 fully saturated rings. The van der Waals surface area contributed by atoms with Crippen molar-refractivity contribution < 1.29 is 13.5 Å². The summed E-state index contributed by atoms with van der Waals surface area (Å²) in [7, 11) is 0. The van der Waals surface area contributed by atoms with Crippen molar-refractivity contribution in [1.29, 1.82) is 0 Å². The van der Waals surface area contributed by atoms with E-state index >= 15 is 0 Å². The molecule has 1 aromatic carbocycles. The summed E-state index contributed by atoms with van der Waals surface area (Å²) in [5.41, 5.74) is 0.796. The summed E-state index contributed by atoms with van der Waals surface area (Å²) in [6, 6.07) is 7.50. The minimum atomic E-state index is -2.78. The van der Waals surface area contributed by atoms with Crippen molar-refractivity contribution >= 4 is 11.8 Å². The number of hydrogen-bond acceptors (Lipinski definition) is 3. The van der Waals surface area contributed by atoms with Gasteiger partial charge in [-0.15, -0.1) is 0 Å². The van der Waals surface area contributed by atoms with E-state index in [1.807, 2.05) is 30.8 Å². The largest absolute Gasteiger partial charge is 0.434 e. The Morgan fingerprint density at radius 3 is 2.48 bits per heavy atom. The van der Waals surface area contributed by atoms with E-state index in [0.717, 1.165) is 23.7 Å². The third-order valence-electron chi connectivity index (χ3n) is 4.09. The Bertz CT molecular complexity index is 436. The quantitative estimate of drug-likeness (QED) is 0.828. The van der Waals surface area contributed by atoms with Gasteiger partial charge in [0.15, 0.2) is 0 Å². The molecule has 1 N–H and O–H groups in total. The van der Waals surface area contributed by atoms with Gasteiger partial charge in [-0.3, -0.25) is 0 Å². The first-order valence-corrected chi connectivity index (χ1v) is 8.71. The molecule has 21 heavy (non-hydrogen) atoms. The topological polar surface area (TPSA) is 21.3 Å². The van der Waals surface area contributed by atoms with Crippen LogP contribution in [0.2, 0.25) is 0 Å². The van der Waals surface area contributed by atoms with Crippen LogP contribution in [0.4, 0.5) is 8.78 Å². The predicted octanol–water partition coefficient (Wildman–Crippen LogP) is 4.61. The Labute approximate surface area is 129 Å². The lowest BCUT2D eigenvalue weighted by atomic mass is 9.93. The highest BCUT2D eigenvalue weighted by Gasteiger charge is 2.23. The first-order chi connectivity index (χ1) is 10.1. The molecule has 1 aromatic rings. The molecule has 0 amide bonds. The number of ether oxygens (including phenoxy) is 1. The monoisotopic (exact) mass is 315 g/mol. The lowest BCUT2D eigenvalue weighted by molar-refractivity contribution is -0.0507. The molecule has 1 atom stereocenters. The average Bonchev–Trinajstić information content (AvgIpc) is 2.48. The molecule has 0 radical (unpaired) electrons. The van der Waals surface area contributed by atoms with Crippen LogP contribution in [0.25, 0.3) is 0 Å². The molecule has 0 aliphatic heterocycles. The Morgan fingerprint density at radius 1 is 1.19 bits per heavy atom. The van der Waals surface area contributed by atoms with Gasteiger partial charge in [-0.05, 0) is 44.9 Å². The van der Waals surface area contributed by atoms with Crippen LogP contribution in [0.3, 0.4) is 0 Å². The molecule has 1 aliphatic rings. The highest BCUT2D eigenvalue weighted by molar-refractivity contribution is 7.99. The molecule has 2 rings (SSSR count). The van der Waals surface area contributed by atoms with Crippen LogP contribution in [-0.4, -0.2) is 24.2 Å². The molecular weight excluding hydrogens is 292 g/mol. The highest BCUT2D eigenvalue weighted by Crippen LogP contribution is 2.30. The summed E-state index contributed by atoms with van der Waals surface area (Å²) in [5, 5.41) is 4.33. The van der Waals surface area contributed by atoms with Crippen LogP contribution in [0.15, 0.2) is 24.3 Å². The second kappa shape index (κ2) is 7.99. The molecule has 0 heterocycles. The van der Waals surface area contributed by atoms with Crippen LogP contribution in [-0.2, 0) is 0 Å². The molecule has 5 heteroatoms. The van der Waals surface area contributed by atoms with Gasteiger partial charge < -0.3 is 10.1 Å². The predicted molar refractivity (Wildman–Crippen MR) is 84.2 cm³/mol. The van der Waals surface area contributed by atoms with Crippen molar-refractivity contribution in [3.8, 4) is 5.75 Å². The smallest absolute Gasteiger partial charge is 0.387 e. The molecule has 2 nitrogen and oxygen atoms in total. The maximum atomic E-state index is 12.5. The summed E-state index contributed by atoms with van der Waals surface area (Å²) >= 11 is 1.94. The van der Waals surface area contributed by atoms with E-state index in [-0.39, 0.29) is 11.8 Å². The number of rotatable bonds is 6. The maximum absolute atomic E-state index is 12.5. The Hall–Kier alpha value is -0.810. The van der Waals surface area contributed by atoms with Crippen molar-refractivity contribution in [2.45, 2.75) is 56.6 Å². The Morgan fingerprint density at radius 2 is 1.86 bits per heavy atom. The van der Waals surface area contributed by atoms with Crippen LogP contribution in [0, 0.1) is 0 Å². The van der Waals surface area contributed by atoms with Gasteiger partial charge in [-0.25, -0.2) is 0 Å². The molecule has 1 saturated carbocycles. The van der Waals surface area contributed by atoms with Crippen LogP contribution >= 0.6 is 11.8 Å². The van der Waals surface area contributed by atoms with E-state index in [9.17, 15) is 8.78 Å². The number of thioether (sulfide) groups is 1. The summed E-state index contributed by atoms with van der Waals surface area (Å²) in [5.74, 6) is 0.269. The van der Waals surface area contributed by atoms with Gasteiger partial charge in [-0.1, -0.05) is 18.2 Å². The van der Waals surface area contributed by atoms with Gasteiger partial charge in [-0.2, -0.15) is 20.5 Å². The third kappa shape index (κ3) is 4.85. The van der Waals surface area contributed by atoms with E-state index < -0.39 is 6.61 Å². The van der Waals surface area contributed by atoms with Crippen LogP contribution in [0.1, 0.15) is 44.2 Å². The molecular formula is C16H23F2NOS. The number of halogens is 2. The molecule has 1 aliphatic carbocycles. The summed E-state index contributed by atoms with van der Waals surface area (Å²) < 4.78 is 29.5. The van der Waals surface area contributed by atoms with Crippen molar-refractivity contribution in [2.75, 3.05) is 6.26 Å². The zero-order valence-corrected chi connectivity index (χ0v) is 13.3. The number of para-hydroxylation sites is 1. The molecule has 118 valence electrons. The second-order valence-electron chi connectivity index (χ2n) is 5.51. The van der Waals surface area contributed by atoms with E-state index in [1.54, 1.807) is 12.1 Å². The van der Waals surface area contributed by atoms with Gasteiger partial charge in [0.25, 0.3) is 0 Å². The van der Waals surface area contributed by atoms with E-state index in [1.165, 1.54) is 12.8 Å². The maximum Gasteiger partial charge on any atom is 0.387 e. The van der Waals surface area contributed by atoms with Crippen LogP contribution < -0.4 is 10.1 Å². The molecule has 0 aromatic heterocycles. The van der Waals surface area contributed by atoms with Gasteiger partial charge in [0, 0.05) is 22.9 Å². The number of benzene rings is 1. The van der Waals surface area contributed by atoms with Gasteiger partial charge in [0.2, 0.25) is 0 Å². The standard InChI is InChI=1S/C16H23F2NOS/c1-11(19-12-7-9-13(21-2)10-8-12)14-5-3-4-6-15(14)20-16(17)18/h3-6,11-13,16,19H,7-10H2,1-2H3. The minimum Gasteiger partial charge on any atom is -0.434 e. The van der Waals surface area contributed by atoms with Crippen LogP contribution in [0.5, 0.6) is 5.75 Å². The molecule has 1 unspecified atom stereocenters. The third-order valence-corrected chi connectivity index (χ3v) is 5.23. The van der Waals surface area contributed by atoms with E-state index in [0.29, 0.717) is 6.04 Å². The van der Waals surface area contributed by atoms with Gasteiger partial charge in [0.05, 0.1) is 0 Å². The highest BCUT2D eigenvalue weighted by atomic mass is 32.2. The van der Waals surface area contributed by atoms with Crippen molar-refractivity contribution in [1.82, 2.24) is 5.32 Å². The first kappa shape index (κ1) is 16.6.